The molecular formula is C32H31ClFN5O2S. The van der Waals surface area contributed by atoms with Gasteiger partial charge in [0.2, 0.25) is 0 Å². The summed E-state index contributed by atoms with van der Waals surface area (Å²) in [6, 6.07) is 15.8. The van der Waals surface area contributed by atoms with Crippen LogP contribution in [0.15, 0.2) is 71.8 Å². The summed E-state index contributed by atoms with van der Waals surface area (Å²) in [5.74, 6) is -0.0119. The van der Waals surface area contributed by atoms with Crippen LogP contribution in [0.4, 0.5) is 10.1 Å². The van der Waals surface area contributed by atoms with E-state index in [4.69, 9.17) is 21.0 Å². The van der Waals surface area contributed by atoms with Crippen LogP contribution in [0.1, 0.15) is 40.4 Å². The summed E-state index contributed by atoms with van der Waals surface area (Å²) < 4.78 is 24.0. The Kier molecular flexibility index (Phi) is 7.64. The summed E-state index contributed by atoms with van der Waals surface area (Å²) >= 11 is 7.99. The molecule has 1 aliphatic rings. The van der Waals surface area contributed by atoms with Gasteiger partial charge in [-0.1, -0.05) is 36.2 Å². The summed E-state index contributed by atoms with van der Waals surface area (Å²) in [5, 5.41) is 4.09. The molecule has 2 aromatic carbocycles. The van der Waals surface area contributed by atoms with Crippen molar-refractivity contribution in [2.45, 2.75) is 18.8 Å². The third-order valence-electron chi connectivity index (χ3n) is 7.99. The second-order valence-corrected chi connectivity index (χ2v) is 11.7. The van der Waals surface area contributed by atoms with Crippen molar-refractivity contribution in [1.29, 1.82) is 0 Å². The van der Waals surface area contributed by atoms with Gasteiger partial charge in [0.25, 0.3) is 5.91 Å². The fourth-order valence-electron chi connectivity index (χ4n) is 5.76. The molecule has 1 fully saturated rings. The molecule has 4 heterocycles. The average molecular weight is 604 g/mol. The lowest BCUT2D eigenvalue weighted by Crippen LogP contribution is -2.33. The summed E-state index contributed by atoms with van der Waals surface area (Å²) in [7, 11) is 3.63. The Hall–Kier alpha value is -3.95. The Morgan fingerprint density at radius 2 is 2.02 bits per heavy atom. The van der Waals surface area contributed by atoms with Gasteiger partial charge < -0.3 is 18.9 Å². The monoisotopic (exact) mass is 603 g/mol. The van der Waals surface area contributed by atoms with E-state index >= 15 is 0 Å². The topological polar surface area (TPSA) is 66.0 Å². The van der Waals surface area contributed by atoms with Crippen LogP contribution in [0.25, 0.3) is 33.6 Å². The summed E-state index contributed by atoms with van der Waals surface area (Å²) in [6.07, 6.45) is 5.92. The molecule has 1 saturated heterocycles. The van der Waals surface area contributed by atoms with Crippen LogP contribution >= 0.6 is 23.5 Å². The number of carbonyl (C=O) groups is 1. The normalized spacial score (nSPS) is 15.4. The highest BCUT2D eigenvalue weighted by Crippen LogP contribution is 2.43. The molecule has 10 heteroatoms. The molecule has 3 aromatic heterocycles. The number of furan rings is 1. The van der Waals surface area contributed by atoms with Gasteiger partial charge in [0.05, 0.1) is 16.9 Å². The number of aromatic nitrogens is 2. The van der Waals surface area contributed by atoms with E-state index in [-0.39, 0.29) is 17.6 Å². The minimum absolute atomic E-state index is 0.173. The first-order valence-corrected chi connectivity index (χ1v) is 15.3. The molecule has 6 rings (SSSR count). The van der Waals surface area contributed by atoms with Gasteiger partial charge in [-0.15, -0.1) is 0 Å². The average Bonchev–Trinajstić information content (AvgIpc) is 3.62. The molecule has 1 amide bonds. The molecule has 1 aliphatic heterocycles. The molecule has 1 unspecified atom stereocenters. The Bertz CT molecular complexity index is 1820. The minimum Gasteiger partial charge on any atom is -0.455 e. The number of amides is 1. The van der Waals surface area contributed by atoms with Gasteiger partial charge in [-0.05, 0) is 60.9 Å². The molecule has 0 aliphatic carbocycles. The zero-order chi connectivity index (χ0) is 29.5. The van der Waals surface area contributed by atoms with Crippen LogP contribution in [0.3, 0.4) is 0 Å². The van der Waals surface area contributed by atoms with E-state index in [0.29, 0.717) is 27.6 Å². The Morgan fingerprint density at radius 3 is 2.74 bits per heavy atom. The van der Waals surface area contributed by atoms with Gasteiger partial charge in [0.1, 0.15) is 33.7 Å². The van der Waals surface area contributed by atoms with Crippen LogP contribution in [-0.4, -0.2) is 53.6 Å². The van der Waals surface area contributed by atoms with Gasteiger partial charge in [-0.25, -0.2) is 9.37 Å². The number of benzene rings is 2. The Balaban J connectivity index is 1.42. The van der Waals surface area contributed by atoms with E-state index in [1.54, 1.807) is 31.1 Å². The molecule has 0 spiro atoms. The quantitative estimate of drug-likeness (QED) is 0.154. The van der Waals surface area contributed by atoms with Gasteiger partial charge in [-0.2, -0.15) is 0 Å². The maximum atomic E-state index is 13.7. The zero-order valence-electron chi connectivity index (χ0n) is 23.7. The zero-order valence-corrected chi connectivity index (χ0v) is 25.2. The molecular weight excluding hydrogens is 573 g/mol. The van der Waals surface area contributed by atoms with Crippen LogP contribution in [-0.2, 0) is 0 Å². The minimum atomic E-state index is -0.349. The molecule has 42 heavy (non-hydrogen) atoms. The SMILES string of the molecule is C=C(c1cn2c(Cl)cccc2n1)N1CCCC(c2cc3c(C(=O)NC)c(-c4ccc(F)cc4)oc3cc2N(C)SC)C1. The molecule has 0 radical (unpaired) electrons. The van der Waals surface area contributed by atoms with Crippen molar-refractivity contribution in [3.8, 4) is 11.3 Å². The van der Waals surface area contributed by atoms with E-state index in [9.17, 15) is 9.18 Å². The first kappa shape index (κ1) is 28.2. The van der Waals surface area contributed by atoms with Crippen molar-refractivity contribution in [2.75, 3.05) is 37.7 Å². The number of hydrogen-bond acceptors (Lipinski definition) is 6. The van der Waals surface area contributed by atoms with Crippen molar-refractivity contribution in [3.63, 3.8) is 0 Å². The third kappa shape index (κ3) is 5.01. The van der Waals surface area contributed by atoms with Gasteiger partial charge in [0.15, 0.2) is 0 Å². The standard InChI is InChI=1S/C32H31ClFN5O2S/c1-19(25-18-39-28(33)8-5-9-29(39)36-25)38-14-6-7-21(17-38)23-15-24-27(16-26(23)37(3)42-4)41-31(30(24)32(40)35-2)20-10-12-22(34)13-11-20/h5,8-13,15-16,18,21H,1,6-7,14,17H2,2-4H3,(H,35,40). The number of pyridine rings is 1. The predicted octanol–water partition coefficient (Wildman–Crippen LogP) is 7.46. The molecule has 1 N–H and O–H groups in total. The van der Waals surface area contributed by atoms with Crippen LogP contribution in [0, 0.1) is 5.82 Å². The van der Waals surface area contributed by atoms with Gasteiger partial charge in [-0.3, -0.25) is 9.20 Å². The van der Waals surface area contributed by atoms with Crippen molar-refractivity contribution in [2.24, 2.45) is 0 Å². The van der Waals surface area contributed by atoms with Gasteiger partial charge >= 0.3 is 0 Å². The van der Waals surface area contributed by atoms with Crippen LogP contribution < -0.4 is 9.62 Å². The lowest BCUT2D eigenvalue weighted by molar-refractivity contribution is 0.0964. The van der Waals surface area contributed by atoms with Crippen molar-refractivity contribution >= 4 is 57.5 Å². The highest BCUT2D eigenvalue weighted by Gasteiger charge is 2.29. The number of imidazole rings is 1. The highest BCUT2D eigenvalue weighted by atomic mass is 35.5. The summed E-state index contributed by atoms with van der Waals surface area (Å²) in [5.41, 5.74) is 6.26. The maximum absolute atomic E-state index is 13.7. The number of rotatable bonds is 7. The van der Waals surface area contributed by atoms with Crippen molar-refractivity contribution in [1.82, 2.24) is 19.6 Å². The number of nitrogens with zero attached hydrogens (tertiary/aromatic N) is 4. The van der Waals surface area contributed by atoms with Crippen LogP contribution in [0.2, 0.25) is 5.15 Å². The molecule has 5 aromatic rings. The number of hydrogen-bond donors (Lipinski definition) is 1. The number of nitrogens with one attached hydrogen (secondary N) is 1. The molecule has 7 nitrogen and oxygen atoms in total. The number of carbonyl (C=O) groups excluding carboxylic acids is 1. The lowest BCUT2D eigenvalue weighted by atomic mass is 9.87. The molecule has 0 bridgehead atoms. The summed E-state index contributed by atoms with van der Waals surface area (Å²) in [6.45, 7) is 6.04. The third-order valence-corrected chi connectivity index (χ3v) is 9.04. The lowest BCUT2D eigenvalue weighted by Gasteiger charge is -2.36. The first-order chi connectivity index (χ1) is 20.3. The van der Waals surface area contributed by atoms with Crippen molar-refractivity contribution < 1.29 is 13.6 Å². The summed E-state index contributed by atoms with van der Waals surface area (Å²) in [4.78, 5) is 20.3. The largest absolute Gasteiger partial charge is 0.455 e. The fourth-order valence-corrected chi connectivity index (χ4v) is 6.32. The number of piperidine rings is 1. The number of likely N-dealkylation sites (tertiary alicyclic amines) is 1. The fraction of sp³-hybridized carbons (Fsp3) is 0.250. The number of anilines is 1. The number of fused-ring (bicyclic) bond motifs is 2. The predicted molar refractivity (Wildman–Crippen MR) is 170 cm³/mol. The number of halogens is 2. The second kappa shape index (κ2) is 11.4. The molecule has 0 saturated carbocycles. The second-order valence-electron chi connectivity index (χ2n) is 10.4. The van der Waals surface area contributed by atoms with E-state index in [1.807, 2.05) is 48.2 Å². The van der Waals surface area contributed by atoms with Crippen LogP contribution in [0.5, 0.6) is 0 Å². The smallest absolute Gasteiger partial charge is 0.255 e. The molecule has 1 atom stereocenters. The first-order valence-electron chi connectivity index (χ1n) is 13.7. The van der Waals surface area contributed by atoms with E-state index in [2.05, 4.69) is 27.2 Å². The van der Waals surface area contributed by atoms with Gasteiger partial charge in [0, 0.05) is 62.6 Å². The maximum Gasteiger partial charge on any atom is 0.255 e. The molecule has 216 valence electrons. The van der Waals surface area contributed by atoms with Crippen molar-refractivity contribution in [3.05, 3.63) is 95.2 Å². The Labute approximate surface area is 253 Å². The highest BCUT2D eigenvalue weighted by molar-refractivity contribution is 7.99. The van der Waals surface area contributed by atoms with E-state index in [1.165, 1.54) is 12.1 Å². The van der Waals surface area contributed by atoms with E-state index in [0.717, 1.165) is 59.6 Å². The van der Waals surface area contributed by atoms with E-state index < -0.39 is 0 Å². The Morgan fingerprint density at radius 1 is 1.24 bits per heavy atom.